The molecule has 140 valence electrons. The van der Waals surface area contributed by atoms with Crippen LogP contribution < -0.4 is 4.74 Å². The summed E-state index contributed by atoms with van der Waals surface area (Å²) in [6.45, 7) is 2.15. The monoisotopic (exact) mass is 380 g/mol. The number of phenols is 1. The summed E-state index contributed by atoms with van der Waals surface area (Å²) in [4.78, 5) is 11.1. The highest BCUT2D eigenvalue weighted by atomic mass is 32.2. The Hall–Kier alpha value is -2.58. The van der Waals surface area contributed by atoms with Gasteiger partial charge in [-0.15, -0.1) is 0 Å². The number of rotatable bonds is 9. The van der Waals surface area contributed by atoms with Gasteiger partial charge in [-0.2, -0.15) is 0 Å². The van der Waals surface area contributed by atoms with Gasteiger partial charge in [-0.1, -0.05) is 12.1 Å². The van der Waals surface area contributed by atoms with Crippen LogP contribution in [0.4, 0.5) is 0 Å². The molecule has 0 amide bonds. The number of aromatic carboxylic acids is 1. The van der Waals surface area contributed by atoms with Crippen LogP contribution in [0.2, 0.25) is 0 Å². The molecule has 0 saturated carbocycles. The van der Waals surface area contributed by atoms with E-state index in [2.05, 4.69) is 0 Å². The molecule has 2 rings (SSSR count). The zero-order valence-electron chi connectivity index (χ0n) is 14.2. The Morgan fingerprint density at radius 3 is 2.50 bits per heavy atom. The van der Waals surface area contributed by atoms with Crippen molar-refractivity contribution < 1.29 is 32.9 Å². The zero-order chi connectivity index (χ0) is 19.2. The summed E-state index contributed by atoms with van der Waals surface area (Å²) in [5.74, 6) is -1.46. The standard InChI is InChI=1S/C18H20O7S/c1-13-3-2-4-15(11-13)26(22,23)10-9-24-7-8-25-14-5-6-16(18(20)21)17(19)12-14/h2-6,11-12,19H,7-10H2,1H3,(H,20,21). The predicted octanol–water partition coefficient (Wildman–Crippen LogP) is 2.27. The maximum Gasteiger partial charge on any atom is 0.339 e. The number of aromatic hydroxyl groups is 1. The van der Waals surface area contributed by atoms with E-state index in [1.807, 2.05) is 13.0 Å². The van der Waals surface area contributed by atoms with Gasteiger partial charge in [0, 0.05) is 6.07 Å². The molecule has 0 spiro atoms. The first-order chi connectivity index (χ1) is 12.3. The summed E-state index contributed by atoms with van der Waals surface area (Å²) in [5.41, 5.74) is 0.660. The molecule has 0 aromatic heterocycles. The molecule has 26 heavy (non-hydrogen) atoms. The van der Waals surface area contributed by atoms with E-state index in [-0.39, 0.29) is 41.8 Å². The fourth-order valence-corrected chi connectivity index (χ4v) is 3.42. The van der Waals surface area contributed by atoms with E-state index in [9.17, 15) is 18.3 Å². The van der Waals surface area contributed by atoms with Gasteiger partial charge in [0.2, 0.25) is 0 Å². The lowest BCUT2D eigenvalue weighted by Gasteiger charge is -2.09. The Morgan fingerprint density at radius 1 is 1.08 bits per heavy atom. The van der Waals surface area contributed by atoms with Crippen LogP contribution in [0.15, 0.2) is 47.4 Å². The van der Waals surface area contributed by atoms with Crippen LogP contribution in [-0.4, -0.2) is 50.2 Å². The minimum atomic E-state index is -3.40. The molecule has 0 fully saturated rings. The van der Waals surface area contributed by atoms with Crippen LogP contribution in [0, 0.1) is 6.92 Å². The minimum Gasteiger partial charge on any atom is -0.507 e. The van der Waals surface area contributed by atoms with Crippen molar-refractivity contribution in [3.63, 3.8) is 0 Å². The molecule has 0 aliphatic rings. The number of benzene rings is 2. The molecule has 0 heterocycles. The SMILES string of the molecule is Cc1cccc(S(=O)(=O)CCOCCOc2ccc(C(=O)O)c(O)c2)c1. The molecule has 0 unspecified atom stereocenters. The molecule has 0 saturated heterocycles. The van der Waals surface area contributed by atoms with Gasteiger partial charge >= 0.3 is 5.97 Å². The third kappa shape index (κ3) is 5.47. The van der Waals surface area contributed by atoms with E-state index in [0.29, 0.717) is 5.75 Å². The fraction of sp³-hybridized carbons (Fsp3) is 0.278. The smallest absolute Gasteiger partial charge is 0.339 e. The molecule has 8 heteroatoms. The van der Waals surface area contributed by atoms with Crippen molar-refractivity contribution in [2.24, 2.45) is 0 Å². The van der Waals surface area contributed by atoms with Crippen LogP contribution in [0.1, 0.15) is 15.9 Å². The second kappa shape index (κ2) is 8.68. The first-order valence-electron chi connectivity index (χ1n) is 7.86. The second-order valence-electron chi connectivity index (χ2n) is 5.58. The van der Waals surface area contributed by atoms with E-state index in [0.717, 1.165) is 5.56 Å². The minimum absolute atomic E-state index is 0.0306. The molecular weight excluding hydrogens is 360 g/mol. The number of carbonyl (C=O) groups is 1. The van der Waals surface area contributed by atoms with Crippen molar-refractivity contribution in [2.75, 3.05) is 25.6 Å². The van der Waals surface area contributed by atoms with Gasteiger partial charge in [0.1, 0.15) is 23.7 Å². The van der Waals surface area contributed by atoms with Crippen molar-refractivity contribution in [1.82, 2.24) is 0 Å². The average Bonchev–Trinajstić information content (AvgIpc) is 2.57. The topological polar surface area (TPSA) is 110 Å². The van der Waals surface area contributed by atoms with Gasteiger partial charge in [0.25, 0.3) is 0 Å². The van der Waals surface area contributed by atoms with Crippen molar-refractivity contribution in [3.05, 3.63) is 53.6 Å². The Kier molecular flexibility index (Phi) is 6.59. The Balaban J connectivity index is 1.74. The highest BCUT2D eigenvalue weighted by Gasteiger charge is 2.14. The van der Waals surface area contributed by atoms with E-state index in [4.69, 9.17) is 14.6 Å². The third-order valence-electron chi connectivity index (χ3n) is 3.54. The van der Waals surface area contributed by atoms with Crippen LogP contribution in [0.3, 0.4) is 0 Å². The molecule has 0 bridgehead atoms. The maximum absolute atomic E-state index is 12.2. The lowest BCUT2D eigenvalue weighted by atomic mass is 10.2. The Labute approximate surface area is 151 Å². The molecule has 0 aliphatic heterocycles. The molecule has 2 aromatic carbocycles. The summed E-state index contributed by atoms with van der Waals surface area (Å²) in [6, 6.07) is 10.6. The summed E-state index contributed by atoms with van der Waals surface area (Å²) >= 11 is 0. The summed E-state index contributed by atoms with van der Waals surface area (Å²) in [7, 11) is -3.40. The largest absolute Gasteiger partial charge is 0.507 e. The summed E-state index contributed by atoms with van der Waals surface area (Å²) < 4.78 is 35.0. The normalized spacial score (nSPS) is 11.3. The molecule has 2 N–H and O–H groups in total. The third-order valence-corrected chi connectivity index (χ3v) is 5.22. The van der Waals surface area contributed by atoms with E-state index in [1.165, 1.54) is 18.2 Å². The van der Waals surface area contributed by atoms with Gasteiger partial charge in [0.05, 0.1) is 23.9 Å². The Bertz CT molecular complexity index is 875. The number of hydrogen-bond acceptors (Lipinski definition) is 6. The first kappa shape index (κ1) is 19.7. The number of aryl methyl sites for hydroxylation is 1. The summed E-state index contributed by atoms with van der Waals surface area (Å²) in [5, 5.41) is 18.4. The molecule has 0 atom stereocenters. The fourth-order valence-electron chi connectivity index (χ4n) is 2.20. The van der Waals surface area contributed by atoms with Crippen LogP contribution in [-0.2, 0) is 14.6 Å². The van der Waals surface area contributed by atoms with Gasteiger partial charge in [0.15, 0.2) is 9.84 Å². The van der Waals surface area contributed by atoms with Gasteiger partial charge in [-0.25, -0.2) is 13.2 Å². The van der Waals surface area contributed by atoms with Gasteiger partial charge in [-0.05, 0) is 36.8 Å². The molecular formula is C18H20O7S. The number of ether oxygens (including phenoxy) is 2. The van der Waals surface area contributed by atoms with Gasteiger partial charge < -0.3 is 19.7 Å². The maximum atomic E-state index is 12.2. The zero-order valence-corrected chi connectivity index (χ0v) is 15.0. The van der Waals surface area contributed by atoms with E-state index < -0.39 is 15.8 Å². The molecule has 7 nitrogen and oxygen atoms in total. The van der Waals surface area contributed by atoms with Gasteiger partial charge in [-0.3, -0.25) is 0 Å². The van der Waals surface area contributed by atoms with Crippen LogP contribution in [0.25, 0.3) is 0 Å². The Morgan fingerprint density at radius 2 is 1.85 bits per heavy atom. The first-order valence-corrected chi connectivity index (χ1v) is 9.51. The number of carboxylic acids is 1. The van der Waals surface area contributed by atoms with Crippen molar-refractivity contribution in [1.29, 1.82) is 0 Å². The van der Waals surface area contributed by atoms with Crippen molar-refractivity contribution >= 4 is 15.8 Å². The number of sulfone groups is 1. The lowest BCUT2D eigenvalue weighted by molar-refractivity contribution is 0.0693. The van der Waals surface area contributed by atoms with E-state index in [1.54, 1.807) is 18.2 Å². The highest BCUT2D eigenvalue weighted by molar-refractivity contribution is 7.91. The molecule has 0 aliphatic carbocycles. The second-order valence-corrected chi connectivity index (χ2v) is 7.69. The van der Waals surface area contributed by atoms with Crippen LogP contribution in [0.5, 0.6) is 11.5 Å². The van der Waals surface area contributed by atoms with Crippen molar-refractivity contribution in [2.45, 2.75) is 11.8 Å². The highest BCUT2D eigenvalue weighted by Crippen LogP contribution is 2.23. The number of carboxylic acid groups (broad SMARTS) is 1. The van der Waals surface area contributed by atoms with Crippen LogP contribution >= 0.6 is 0 Å². The van der Waals surface area contributed by atoms with E-state index >= 15 is 0 Å². The predicted molar refractivity (Wildman–Crippen MR) is 94.6 cm³/mol. The molecule has 2 aromatic rings. The average molecular weight is 380 g/mol. The molecule has 0 radical (unpaired) electrons. The number of hydrogen-bond donors (Lipinski definition) is 2. The quantitative estimate of drug-likeness (QED) is 0.642. The van der Waals surface area contributed by atoms with Crippen molar-refractivity contribution in [3.8, 4) is 11.5 Å². The summed E-state index contributed by atoms with van der Waals surface area (Å²) in [6.07, 6.45) is 0. The lowest BCUT2D eigenvalue weighted by Crippen LogP contribution is -2.15.